The number of alkyl halides is 3. The third-order valence-electron chi connectivity index (χ3n) is 4.31. The standard InChI is InChI=1S/C20H19F3N2O5/c1-10-7-11(2)17(12(3)8-10)19(27)30-13(4)18(26)24-16-6-5-14(25(28)29)9-15(16)20(21,22)23/h5-9,13H,1-4H3,(H,24,26). The fourth-order valence-electron chi connectivity index (χ4n) is 3.00. The number of non-ortho nitro benzene ring substituents is 1. The van der Waals surface area contributed by atoms with Crippen molar-refractivity contribution in [2.45, 2.75) is 40.0 Å². The number of nitro groups is 1. The molecule has 0 aliphatic carbocycles. The Morgan fingerprint density at radius 2 is 1.67 bits per heavy atom. The number of hydrogen-bond acceptors (Lipinski definition) is 5. The van der Waals surface area contributed by atoms with E-state index in [1.807, 2.05) is 12.2 Å². The summed E-state index contributed by atoms with van der Waals surface area (Å²) in [5.74, 6) is -1.79. The maximum Gasteiger partial charge on any atom is 0.418 e. The third-order valence-corrected chi connectivity index (χ3v) is 4.31. The largest absolute Gasteiger partial charge is 0.449 e. The maximum absolute atomic E-state index is 13.2. The Labute approximate surface area is 170 Å². The minimum atomic E-state index is -4.94. The lowest BCUT2D eigenvalue weighted by Gasteiger charge is -2.18. The van der Waals surface area contributed by atoms with Crippen LogP contribution in [0.3, 0.4) is 0 Å². The summed E-state index contributed by atoms with van der Waals surface area (Å²) >= 11 is 0. The van der Waals surface area contributed by atoms with Crippen molar-refractivity contribution in [1.82, 2.24) is 0 Å². The number of ether oxygens (including phenoxy) is 1. The fraction of sp³-hybridized carbons (Fsp3) is 0.300. The monoisotopic (exact) mass is 424 g/mol. The van der Waals surface area contributed by atoms with Crippen molar-refractivity contribution in [3.63, 3.8) is 0 Å². The number of carbonyl (C=O) groups is 2. The van der Waals surface area contributed by atoms with Crippen LogP contribution in [0.25, 0.3) is 0 Å². The molecule has 2 aromatic rings. The Balaban J connectivity index is 2.22. The van der Waals surface area contributed by atoms with Crippen molar-refractivity contribution >= 4 is 23.3 Å². The summed E-state index contributed by atoms with van der Waals surface area (Å²) in [6.07, 6.45) is -6.35. The van der Waals surface area contributed by atoms with Crippen LogP contribution >= 0.6 is 0 Å². The van der Waals surface area contributed by atoms with Crippen LogP contribution in [-0.4, -0.2) is 22.9 Å². The molecule has 1 N–H and O–H groups in total. The molecule has 0 aliphatic heterocycles. The van der Waals surface area contributed by atoms with Gasteiger partial charge >= 0.3 is 12.1 Å². The van der Waals surface area contributed by atoms with Gasteiger partial charge in [0, 0.05) is 12.1 Å². The number of nitro benzene ring substituents is 1. The van der Waals surface area contributed by atoms with Crippen LogP contribution in [0.1, 0.15) is 39.5 Å². The number of carbonyl (C=O) groups excluding carboxylic acids is 2. The minimum absolute atomic E-state index is 0.270. The number of amides is 1. The Bertz CT molecular complexity index is 995. The summed E-state index contributed by atoms with van der Waals surface area (Å²) in [6.45, 7) is 6.47. The van der Waals surface area contributed by atoms with Crippen LogP contribution < -0.4 is 5.32 Å². The molecule has 1 atom stereocenters. The van der Waals surface area contributed by atoms with Crippen LogP contribution in [0, 0.1) is 30.9 Å². The van der Waals surface area contributed by atoms with Crippen molar-refractivity contribution in [3.8, 4) is 0 Å². The molecular weight excluding hydrogens is 405 g/mol. The minimum Gasteiger partial charge on any atom is -0.449 e. The Morgan fingerprint density at radius 1 is 1.10 bits per heavy atom. The zero-order valence-corrected chi connectivity index (χ0v) is 16.6. The molecule has 10 heteroatoms. The summed E-state index contributed by atoms with van der Waals surface area (Å²) in [7, 11) is 0. The lowest BCUT2D eigenvalue weighted by Crippen LogP contribution is -2.31. The van der Waals surface area contributed by atoms with E-state index in [2.05, 4.69) is 0 Å². The topological polar surface area (TPSA) is 98.5 Å². The van der Waals surface area contributed by atoms with Gasteiger partial charge in [0.1, 0.15) is 0 Å². The van der Waals surface area contributed by atoms with Gasteiger partial charge in [0.25, 0.3) is 11.6 Å². The second-order valence-electron chi connectivity index (χ2n) is 6.80. The molecule has 0 aromatic heterocycles. The first-order valence-electron chi connectivity index (χ1n) is 8.76. The third kappa shape index (κ3) is 5.13. The average Bonchev–Trinajstić information content (AvgIpc) is 2.59. The molecule has 1 amide bonds. The molecule has 0 heterocycles. The van der Waals surface area contributed by atoms with Gasteiger partial charge in [0.15, 0.2) is 6.10 Å². The number of nitrogens with one attached hydrogen (secondary N) is 1. The lowest BCUT2D eigenvalue weighted by molar-refractivity contribution is -0.385. The molecule has 0 bridgehead atoms. The van der Waals surface area contributed by atoms with E-state index in [4.69, 9.17) is 4.74 Å². The average molecular weight is 424 g/mol. The van der Waals surface area contributed by atoms with Crippen LogP contribution in [0.15, 0.2) is 30.3 Å². The van der Waals surface area contributed by atoms with Gasteiger partial charge in [0.05, 0.1) is 21.7 Å². The summed E-state index contributed by atoms with van der Waals surface area (Å²) in [6, 6.07) is 5.47. The predicted octanol–water partition coefficient (Wildman–Crippen LogP) is 4.72. The number of aryl methyl sites for hydroxylation is 3. The quantitative estimate of drug-likeness (QED) is 0.425. The summed E-state index contributed by atoms with van der Waals surface area (Å²) in [4.78, 5) is 34.5. The first kappa shape index (κ1) is 22.9. The van der Waals surface area contributed by atoms with Gasteiger partial charge in [-0.05, 0) is 44.9 Å². The molecule has 0 fully saturated rings. The molecule has 0 saturated carbocycles. The molecule has 7 nitrogen and oxygen atoms in total. The number of nitrogens with zero attached hydrogens (tertiary/aromatic N) is 1. The zero-order chi connectivity index (χ0) is 22.8. The van der Waals surface area contributed by atoms with Gasteiger partial charge in [-0.2, -0.15) is 13.2 Å². The highest BCUT2D eigenvalue weighted by Crippen LogP contribution is 2.37. The van der Waals surface area contributed by atoms with E-state index >= 15 is 0 Å². The van der Waals surface area contributed by atoms with Crippen molar-refractivity contribution in [2.75, 3.05) is 5.32 Å². The smallest absolute Gasteiger partial charge is 0.418 e. The van der Waals surface area contributed by atoms with E-state index in [9.17, 15) is 32.9 Å². The van der Waals surface area contributed by atoms with Gasteiger partial charge in [-0.3, -0.25) is 14.9 Å². The SMILES string of the molecule is Cc1cc(C)c(C(=O)OC(C)C(=O)Nc2ccc([N+](=O)[O-])cc2C(F)(F)F)c(C)c1. The highest BCUT2D eigenvalue weighted by Gasteiger charge is 2.36. The molecule has 2 rings (SSSR count). The summed E-state index contributed by atoms with van der Waals surface area (Å²) in [5.41, 5.74) is -0.348. The normalized spacial score (nSPS) is 12.2. The summed E-state index contributed by atoms with van der Waals surface area (Å²) in [5, 5.41) is 12.8. The number of rotatable bonds is 5. The van der Waals surface area contributed by atoms with E-state index in [0.29, 0.717) is 17.2 Å². The highest BCUT2D eigenvalue weighted by atomic mass is 19.4. The Hall–Kier alpha value is -3.43. The Morgan fingerprint density at radius 3 is 2.17 bits per heavy atom. The molecule has 160 valence electrons. The lowest BCUT2D eigenvalue weighted by atomic mass is 10.00. The molecule has 0 aliphatic rings. The fourth-order valence-corrected chi connectivity index (χ4v) is 3.00. The predicted molar refractivity (Wildman–Crippen MR) is 102 cm³/mol. The van der Waals surface area contributed by atoms with Crippen molar-refractivity contribution in [1.29, 1.82) is 0 Å². The second kappa shape index (κ2) is 8.52. The molecule has 2 aromatic carbocycles. The molecule has 1 unspecified atom stereocenters. The number of esters is 1. The van der Waals surface area contributed by atoms with E-state index in [1.165, 1.54) is 6.92 Å². The van der Waals surface area contributed by atoms with Crippen LogP contribution in [0.4, 0.5) is 24.5 Å². The molecule has 30 heavy (non-hydrogen) atoms. The van der Waals surface area contributed by atoms with Crippen molar-refractivity contribution < 1.29 is 32.4 Å². The van der Waals surface area contributed by atoms with Crippen LogP contribution in [0.5, 0.6) is 0 Å². The molecule has 0 saturated heterocycles. The van der Waals surface area contributed by atoms with Crippen LogP contribution in [0.2, 0.25) is 0 Å². The summed E-state index contributed by atoms with van der Waals surface area (Å²) < 4.78 is 44.8. The molecule has 0 spiro atoms. The van der Waals surface area contributed by atoms with Crippen LogP contribution in [-0.2, 0) is 15.7 Å². The zero-order valence-electron chi connectivity index (χ0n) is 16.6. The maximum atomic E-state index is 13.2. The number of benzene rings is 2. The van der Waals surface area contributed by atoms with E-state index < -0.39 is 46.0 Å². The number of hydrogen-bond donors (Lipinski definition) is 1. The number of anilines is 1. The van der Waals surface area contributed by atoms with Gasteiger partial charge in [-0.1, -0.05) is 17.7 Å². The highest BCUT2D eigenvalue weighted by molar-refractivity contribution is 5.99. The second-order valence-corrected chi connectivity index (χ2v) is 6.80. The van der Waals surface area contributed by atoms with Gasteiger partial charge < -0.3 is 10.1 Å². The molecular formula is C20H19F3N2O5. The molecule has 0 radical (unpaired) electrons. The first-order chi connectivity index (χ1) is 13.8. The van der Waals surface area contributed by atoms with Gasteiger partial charge in [-0.15, -0.1) is 0 Å². The first-order valence-corrected chi connectivity index (χ1v) is 8.76. The Kier molecular flexibility index (Phi) is 6.49. The van der Waals surface area contributed by atoms with E-state index in [-0.39, 0.29) is 5.56 Å². The number of halogens is 3. The van der Waals surface area contributed by atoms with Crippen molar-refractivity contribution in [2.24, 2.45) is 0 Å². The van der Waals surface area contributed by atoms with E-state index in [0.717, 1.165) is 17.7 Å². The van der Waals surface area contributed by atoms with E-state index in [1.54, 1.807) is 26.0 Å². The van der Waals surface area contributed by atoms with Crippen molar-refractivity contribution in [3.05, 3.63) is 68.3 Å². The van der Waals surface area contributed by atoms with Gasteiger partial charge in [0.2, 0.25) is 0 Å². The van der Waals surface area contributed by atoms with Gasteiger partial charge in [-0.25, -0.2) is 4.79 Å².